The van der Waals surface area contributed by atoms with Gasteiger partial charge in [0.1, 0.15) is 18.1 Å². The molecule has 296 valence electrons. The van der Waals surface area contributed by atoms with Crippen molar-refractivity contribution in [3.05, 3.63) is 107 Å². The van der Waals surface area contributed by atoms with Crippen LogP contribution in [0, 0.1) is 0 Å². The van der Waals surface area contributed by atoms with Crippen molar-refractivity contribution in [1.82, 2.24) is 20.3 Å². The van der Waals surface area contributed by atoms with Crippen molar-refractivity contribution in [1.29, 1.82) is 0 Å². The van der Waals surface area contributed by atoms with E-state index in [-0.39, 0.29) is 22.0 Å². The Bertz CT molecular complexity index is 2320. The van der Waals surface area contributed by atoms with Crippen LogP contribution in [-0.2, 0) is 15.6 Å². The molecule has 13 heteroatoms. The summed E-state index contributed by atoms with van der Waals surface area (Å²) in [5, 5.41) is 36.6. The summed E-state index contributed by atoms with van der Waals surface area (Å²) < 4.78 is 21.7. The van der Waals surface area contributed by atoms with Crippen molar-refractivity contribution in [3.8, 4) is 57.2 Å². The summed E-state index contributed by atoms with van der Waals surface area (Å²) in [6, 6.07) is 23.8. The second-order valence-corrected chi connectivity index (χ2v) is 15.3. The Morgan fingerprint density at radius 1 is 0.702 bits per heavy atom. The average molecular weight is 775 g/mol. The highest BCUT2D eigenvalue weighted by Gasteiger charge is 2.32. The molecule has 0 saturated heterocycles. The van der Waals surface area contributed by atoms with Crippen LogP contribution in [0.3, 0.4) is 0 Å². The zero-order valence-electron chi connectivity index (χ0n) is 32.6. The first-order chi connectivity index (χ1) is 27.3. The molecule has 1 aliphatic carbocycles. The molecule has 0 unspecified atom stereocenters. The first kappa shape index (κ1) is 40.3. The second-order valence-electron chi connectivity index (χ2n) is 15.3. The van der Waals surface area contributed by atoms with Crippen molar-refractivity contribution in [2.45, 2.75) is 70.6 Å². The van der Waals surface area contributed by atoms with Gasteiger partial charge < -0.3 is 33.8 Å². The fourth-order valence-corrected chi connectivity index (χ4v) is 6.80. The lowest BCUT2D eigenvalue weighted by molar-refractivity contribution is 0.0686. The van der Waals surface area contributed by atoms with Crippen LogP contribution >= 0.6 is 0 Å². The van der Waals surface area contributed by atoms with E-state index < -0.39 is 11.9 Å². The Morgan fingerprint density at radius 2 is 1.19 bits per heavy atom. The lowest BCUT2D eigenvalue weighted by Crippen LogP contribution is -2.25. The summed E-state index contributed by atoms with van der Waals surface area (Å²) in [7, 11) is 1.64. The van der Waals surface area contributed by atoms with E-state index in [1.165, 1.54) is 43.5 Å². The first-order valence-electron chi connectivity index (χ1n) is 18.7. The minimum Gasteiger partial charge on any atom is -0.508 e. The van der Waals surface area contributed by atoms with Gasteiger partial charge in [-0.3, -0.25) is 0 Å². The summed E-state index contributed by atoms with van der Waals surface area (Å²) in [5.41, 5.74) is 5.09. The number of rotatable bonds is 11. The Kier molecular flexibility index (Phi) is 12.2. The monoisotopic (exact) mass is 774 g/mol. The normalized spacial score (nSPS) is 13.7. The van der Waals surface area contributed by atoms with Crippen molar-refractivity contribution >= 4 is 11.9 Å². The molecular weight excluding hydrogens is 729 g/mol. The molecule has 2 aromatic heterocycles. The largest absolute Gasteiger partial charge is 0.508 e. The molecule has 0 radical (unpaired) electrons. The maximum atomic E-state index is 11.0. The summed E-state index contributed by atoms with van der Waals surface area (Å²) in [4.78, 5) is 30.9. The Morgan fingerprint density at radius 3 is 1.68 bits per heavy atom. The van der Waals surface area contributed by atoms with E-state index >= 15 is 0 Å². The zero-order chi connectivity index (χ0) is 40.7. The Balaban J connectivity index is 0.000000193. The molecule has 2 heterocycles. The number of carboxylic acids is 2. The van der Waals surface area contributed by atoms with E-state index in [1.54, 1.807) is 43.5 Å². The standard InChI is InChI=1S/C22H24N2O5.C22H22N2O4/c1-22(2,3)17-13-16(9-10-18(17)28-12-11-27-4)19-23-20(29-24-19)14-5-7-15(8-6-14)21(25)26;1-22(11-3-2-4-12-22)17-13-16(9-10-18(17)25)19-23-20(28-24-19)14-5-7-15(8-6-14)21(26)27/h5-10,13H,11-12H2,1-4H3,(H,25,26);5-10,13,25H,2-4,11-12H2,1H3,(H,26,27). The molecule has 1 fully saturated rings. The lowest BCUT2D eigenvalue weighted by Gasteiger charge is -2.34. The minimum absolute atomic E-state index is 0.0441. The topological polar surface area (TPSA) is 191 Å². The molecule has 0 amide bonds. The predicted octanol–water partition coefficient (Wildman–Crippen LogP) is 9.45. The molecule has 0 atom stereocenters. The third-order valence-corrected chi connectivity index (χ3v) is 10.1. The Labute approximate surface area is 330 Å². The van der Waals surface area contributed by atoms with Crippen molar-refractivity contribution in [3.63, 3.8) is 0 Å². The van der Waals surface area contributed by atoms with Gasteiger partial charge in [-0.25, -0.2) is 9.59 Å². The van der Waals surface area contributed by atoms with Crippen molar-refractivity contribution in [2.24, 2.45) is 0 Å². The van der Waals surface area contributed by atoms with Crippen LogP contribution in [-0.4, -0.2) is 67.9 Å². The second kappa shape index (κ2) is 17.2. The van der Waals surface area contributed by atoms with Gasteiger partial charge in [-0.1, -0.05) is 57.3 Å². The van der Waals surface area contributed by atoms with E-state index in [9.17, 15) is 14.7 Å². The predicted molar refractivity (Wildman–Crippen MR) is 212 cm³/mol. The summed E-state index contributed by atoms with van der Waals surface area (Å²) in [6.45, 7) is 9.53. The highest BCUT2D eigenvalue weighted by Crippen LogP contribution is 2.44. The first-order valence-corrected chi connectivity index (χ1v) is 18.7. The molecule has 3 N–H and O–H groups in total. The number of ether oxygens (including phenoxy) is 2. The molecule has 0 aliphatic heterocycles. The number of carbonyl (C=O) groups is 2. The van der Waals surface area contributed by atoms with E-state index in [2.05, 4.69) is 48.0 Å². The third kappa shape index (κ3) is 9.55. The minimum atomic E-state index is -0.981. The molecule has 4 aromatic carbocycles. The number of aromatic carboxylic acids is 2. The molecular formula is C44H46N4O9. The number of hydrogen-bond donors (Lipinski definition) is 3. The number of nitrogens with zero attached hydrogens (tertiary/aromatic N) is 4. The van der Waals surface area contributed by atoms with Crippen molar-refractivity contribution in [2.75, 3.05) is 20.3 Å². The number of benzene rings is 4. The van der Waals surface area contributed by atoms with Crippen LogP contribution < -0.4 is 4.74 Å². The van der Waals surface area contributed by atoms with Crippen LogP contribution in [0.1, 0.15) is 91.6 Å². The van der Waals surface area contributed by atoms with Gasteiger partial charge in [-0.05, 0) is 109 Å². The van der Waals surface area contributed by atoms with Crippen LogP contribution in [0.25, 0.3) is 45.7 Å². The highest BCUT2D eigenvalue weighted by atomic mass is 16.5. The van der Waals surface area contributed by atoms with Crippen LogP contribution in [0.15, 0.2) is 94.0 Å². The van der Waals surface area contributed by atoms with Gasteiger partial charge in [-0.15, -0.1) is 0 Å². The summed E-state index contributed by atoms with van der Waals surface area (Å²) >= 11 is 0. The maximum absolute atomic E-state index is 11.0. The molecule has 1 saturated carbocycles. The van der Waals surface area contributed by atoms with Crippen LogP contribution in [0.4, 0.5) is 0 Å². The fraction of sp³-hybridized carbons (Fsp3) is 0.318. The average Bonchev–Trinajstić information content (AvgIpc) is 3.90. The molecule has 1 aliphatic rings. The number of methoxy groups -OCH3 is 1. The van der Waals surface area contributed by atoms with E-state index in [1.807, 2.05) is 24.3 Å². The van der Waals surface area contributed by atoms with Crippen LogP contribution in [0.5, 0.6) is 11.5 Å². The van der Waals surface area contributed by atoms with E-state index in [4.69, 9.17) is 28.7 Å². The maximum Gasteiger partial charge on any atom is 0.335 e. The van der Waals surface area contributed by atoms with Gasteiger partial charge in [0.2, 0.25) is 11.6 Å². The zero-order valence-corrected chi connectivity index (χ0v) is 32.6. The molecule has 0 bridgehead atoms. The quantitative estimate of drug-likeness (QED) is 0.106. The van der Waals surface area contributed by atoms with E-state index in [0.29, 0.717) is 53.5 Å². The number of hydrogen-bond acceptors (Lipinski definition) is 11. The molecule has 57 heavy (non-hydrogen) atoms. The number of aromatic hydroxyl groups is 1. The summed E-state index contributed by atoms with van der Waals surface area (Å²) in [6.07, 6.45) is 5.68. The van der Waals surface area contributed by atoms with Gasteiger partial charge >= 0.3 is 11.9 Å². The van der Waals surface area contributed by atoms with Gasteiger partial charge in [0.05, 0.1) is 17.7 Å². The van der Waals surface area contributed by atoms with Gasteiger partial charge in [0.25, 0.3) is 11.8 Å². The number of aromatic nitrogens is 4. The molecule has 6 aromatic rings. The molecule has 0 spiro atoms. The SMILES string of the molecule is CC1(c2cc(-c3noc(-c4ccc(C(=O)O)cc4)n3)ccc2O)CCCCC1.COCCOc1ccc(-c2noc(-c3ccc(C(=O)O)cc3)n2)cc1C(C)(C)C. The fourth-order valence-electron chi connectivity index (χ4n) is 6.80. The van der Waals surface area contributed by atoms with Gasteiger partial charge in [0.15, 0.2) is 0 Å². The number of carboxylic acid groups (broad SMARTS) is 2. The van der Waals surface area contributed by atoms with Gasteiger partial charge in [0, 0.05) is 40.5 Å². The Hall–Kier alpha value is -6.34. The third-order valence-electron chi connectivity index (χ3n) is 10.1. The summed E-state index contributed by atoms with van der Waals surface area (Å²) in [5.74, 6) is 0.692. The van der Waals surface area contributed by atoms with E-state index in [0.717, 1.165) is 40.8 Å². The molecule has 7 rings (SSSR count). The number of phenols is 1. The van der Waals surface area contributed by atoms with Crippen molar-refractivity contribution < 1.29 is 43.4 Å². The smallest absolute Gasteiger partial charge is 0.335 e. The molecule has 13 nitrogen and oxygen atoms in total. The van der Waals surface area contributed by atoms with Gasteiger partial charge in [-0.2, -0.15) is 9.97 Å². The highest BCUT2D eigenvalue weighted by molar-refractivity contribution is 5.88. The lowest BCUT2D eigenvalue weighted by atomic mass is 9.70. The van der Waals surface area contributed by atoms with Crippen LogP contribution in [0.2, 0.25) is 0 Å². The number of phenolic OH excluding ortho intramolecular Hbond substituents is 1.